The second-order valence-corrected chi connectivity index (χ2v) is 7.31. The van der Waals surface area contributed by atoms with Gasteiger partial charge in [0.1, 0.15) is 5.75 Å². The van der Waals surface area contributed by atoms with Gasteiger partial charge in [-0.1, -0.05) is 36.8 Å². The molecular weight excluding hydrogens is 390 g/mol. The minimum absolute atomic E-state index is 0.237. The molecule has 7 nitrogen and oxygen atoms in total. The standard InChI is InChI=1S/C24H29N5O2/c1-5-14-29-16-20(18(3)28-29)15-25-24(26-21-8-6-7-9-22(21)31-4)27-23(30)19-12-10-17(2)11-13-19/h6-13,16H,5,14-15H2,1-4H3,(H2,25,26,27,30). The topological polar surface area (TPSA) is 80.5 Å². The smallest absolute Gasteiger partial charge is 0.257 e. The highest BCUT2D eigenvalue weighted by Gasteiger charge is 2.12. The number of carbonyl (C=O) groups is 1. The van der Waals surface area contributed by atoms with Gasteiger partial charge in [-0.15, -0.1) is 0 Å². The predicted octanol–water partition coefficient (Wildman–Crippen LogP) is 4.32. The van der Waals surface area contributed by atoms with Crippen LogP contribution in [0.1, 0.15) is 40.5 Å². The van der Waals surface area contributed by atoms with Gasteiger partial charge in [-0.05, 0) is 44.5 Å². The first-order valence-corrected chi connectivity index (χ1v) is 10.4. The molecule has 0 aliphatic carbocycles. The van der Waals surface area contributed by atoms with E-state index < -0.39 is 0 Å². The Labute approximate surface area is 183 Å². The van der Waals surface area contributed by atoms with Crippen molar-refractivity contribution in [3.63, 3.8) is 0 Å². The normalized spacial score (nSPS) is 11.3. The number of anilines is 1. The predicted molar refractivity (Wildman–Crippen MR) is 124 cm³/mol. The Morgan fingerprint density at radius 2 is 1.87 bits per heavy atom. The zero-order valence-electron chi connectivity index (χ0n) is 18.5. The molecule has 3 rings (SSSR count). The number of aryl methyl sites for hydroxylation is 3. The minimum Gasteiger partial charge on any atom is -0.495 e. The van der Waals surface area contributed by atoms with E-state index in [1.165, 1.54) is 0 Å². The number of para-hydroxylation sites is 2. The van der Waals surface area contributed by atoms with Gasteiger partial charge in [0, 0.05) is 23.9 Å². The number of hydrogen-bond donors (Lipinski definition) is 2. The lowest BCUT2D eigenvalue weighted by molar-refractivity contribution is 0.0977. The molecule has 0 atom stereocenters. The number of aliphatic imine (C=N–C) groups is 1. The molecule has 1 heterocycles. The van der Waals surface area contributed by atoms with Gasteiger partial charge in [-0.25, -0.2) is 4.99 Å². The number of nitrogens with zero attached hydrogens (tertiary/aromatic N) is 3. The number of hydrogen-bond acceptors (Lipinski definition) is 4. The summed E-state index contributed by atoms with van der Waals surface area (Å²) in [6.07, 6.45) is 3.02. The summed E-state index contributed by atoms with van der Waals surface area (Å²) in [7, 11) is 1.60. The van der Waals surface area contributed by atoms with E-state index in [0.29, 0.717) is 29.5 Å². The maximum atomic E-state index is 12.8. The van der Waals surface area contributed by atoms with Crippen molar-refractivity contribution in [2.24, 2.45) is 4.99 Å². The molecule has 3 aromatic rings. The third-order valence-corrected chi connectivity index (χ3v) is 4.81. The third kappa shape index (κ3) is 5.94. The fourth-order valence-corrected chi connectivity index (χ4v) is 3.09. The van der Waals surface area contributed by atoms with Crippen LogP contribution >= 0.6 is 0 Å². The molecule has 0 unspecified atom stereocenters. The Kier molecular flexibility index (Phi) is 7.43. The van der Waals surface area contributed by atoms with E-state index in [1.54, 1.807) is 19.2 Å². The number of rotatable bonds is 7. The summed E-state index contributed by atoms with van der Waals surface area (Å²) in [6.45, 7) is 7.32. The molecule has 0 radical (unpaired) electrons. The van der Waals surface area contributed by atoms with Gasteiger partial charge in [0.15, 0.2) is 0 Å². The highest BCUT2D eigenvalue weighted by Crippen LogP contribution is 2.23. The van der Waals surface area contributed by atoms with Crippen molar-refractivity contribution >= 4 is 17.6 Å². The van der Waals surface area contributed by atoms with Crippen LogP contribution in [0.25, 0.3) is 0 Å². The molecule has 2 aromatic carbocycles. The van der Waals surface area contributed by atoms with Crippen LogP contribution in [-0.2, 0) is 13.1 Å². The number of nitrogens with one attached hydrogen (secondary N) is 2. The van der Waals surface area contributed by atoms with Crippen LogP contribution in [0.15, 0.2) is 59.7 Å². The number of guanidine groups is 1. The van der Waals surface area contributed by atoms with Gasteiger partial charge < -0.3 is 10.1 Å². The monoisotopic (exact) mass is 419 g/mol. The summed E-state index contributed by atoms with van der Waals surface area (Å²) in [5, 5.41) is 10.6. The maximum Gasteiger partial charge on any atom is 0.257 e. The maximum absolute atomic E-state index is 12.8. The third-order valence-electron chi connectivity index (χ3n) is 4.81. The van der Waals surface area contributed by atoms with E-state index >= 15 is 0 Å². The van der Waals surface area contributed by atoms with Gasteiger partial charge in [0.25, 0.3) is 5.91 Å². The number of benzene rings is 2. The van der Waals surface area contributed by atoms with Crippen molar-refractivity contribution in [2.75, 3.05) is 12.4 Å². The fourth-order valence-electron chi connectivity index (χ4n) is 3.09. The van der Waals surface area contributed by atoms with Crippen molar-refractivity contribution < 1.29 is 9.53 Å². The Morgan fingerprint density at radius 1 is 1.13 bits per heavy atom. The molecular formula is C24H29N5O2. The summed E-state index contributed by atoms with van der Waals surface area (Å²) >= 11 is 0. The largest absolute Gasteiger partial charge is 0.495 e. The quantitative estimate of drug-likeness (QED) is 0.442. The van der Waals surface area contributed by atoms with Crippen LogP contribution in [0.3, 0.4) is 0 Å². The van der Waals surface area contributed by atoms with Gasteiger partial charge in [0.2, 0.25) is 5.96 Å². The van der Waals surface area contributed by atoms with Gasteiger partial charge >= 0.3 is 0 Å². The summed E-state index contributed by atoms with van der Waals surface area (Å²) in [6, 6.07) is 14.9. The Bertz CT molecular complexity index is 1050. The first kappa shape index (κ1) is 22.1. The Hall–Kier alpha value is -3.61. The number of aromatic nitrogens is 2. The Morgan fingerprint density at radius 3 is 2.58 bits per heavy atom. The molecule has 0 fully saturated rings. The molecule has 2 N–H and O–H groups in total. The van der Waals surface area contributed by atoms with E-state index in [9.17, 15) is 4.79 Å². The molecule has 0 aliphatic rings. The molecule has 7 heteroatoms. The molecule has 0 aliphatic heterocycles. The molecule has 162 valence electrons. The first-order chi connectivity index (χ1) is 15.0. The summed E-state index contributed by atoms with van der Waals surface area (Å²) < 4.78 is 7.35. The summed E-state index contributed by atoms with van der Waals surface area (Å²) in [4.78, 5) is 17.4. The van der Waals surface area contributed by atoms with Gasteiger partial charge in [-0.2, -0.15) is 5.10 Å². The van der Waals surface area contributed by atoms with Crippen molar-refractivity contribution in [1.82, 2.24) is 15.1 Å². The van der Waals surface area contributed by atoms with Crippen molar-refractivity contribution in [3.8, 4) is 5.75 Å². The van der Waals surface area contributed by atoms with E-state index in [4.69, 9.17) is 4.74 Å². The number of carbonyl (C=O) groups excluding carboxylic acids is 1. The number of amides is 1. The van der Waals surface area contributed by atoms with Crippen molar-refractivity contribution in [3.05, 3.63) is 77.1 Å². The second kappa shape index (κ2) is 10.4. The van der Waals surface area contributed by atoms with Crippen LogP contribution in [0.2, 0.25) is 0 Å². The SMILES string of the molecule is CCCn1cc(CN=C(NC(=O)c2ccc(C)cc2)Nc2ccccc2OC)c(C)n1. The lowest BCUT2D eigenvalue weighted by Gasteiger charge is -2.14. The van der Waals surface area contributed by atoms with E-state index in [-0.39, 0.29) is 5.91 Å². The summed E-state index contributed by atoms with van der Waals surface area (Å²) in [5.41, 5.74) is 4.31. The highest BCUT2D eigenvalue weighted by atomic mass is 16.5. The van der Waals surface area contributed by atoms with Crippen LogP contribution in [0, 0.1) is 13.8 Å². The van der Waals surface area contributed by atoms with Crippen molar-refractivity contribution in [1.29, 1.82) is 0 Å². The number of ether oxygens (including phenoxy) is 1. The minimum atomic E-state index is -0.237. The van der Waals surface area contributed by atoms with Gasteiger partial charge in [0.05, 0.1) is 25.0 Å². The lowest BCUT2D eigenvalue weighted by atomic mass is 10.1. The van der Waals surface area contributed by atoms with E-state index in [2.05, 4.69) is 27.6 Å². The first-order valence-electron chi connectivity index (χ1n) is 10.4. The molecule has 0 spiro atoms. The zero-order chi connectivity index (χ0) is 22.2. The highest BCUT2D eigenvalue weighted by molar-refractivity contribution is 6.10. The van der Waals surface area contributed by atoms with Crippen LogP contribution < -0.4 is 15.4 Å². The molecule has 1 aromatic heterocycles. The second-order valence-electron chi connectivity index (χ2n) is 7.31. The number of methoxy groups -OCH3 is 1. The van der Waals surface area contributed by atoms with Crippen LogP contribution in [0.4, 0.5) is 5.69 Å². The van der Waals surface area contributed by atoms with Crippen molar-refractivity contribution in [2.45, 2.75) is 40.3 Å². The van der Waals surface area contributed by atoms with Crippen LogP contribution in [0.5, 0.6) is 5.75 Å². The van der Waals surface area contributed by atoms with E-state index in [0.717, 1.165) is 29.8 Å². The average molecular weight is 420 g/mol. The molecule has 1 amide bonds. The average Bonchev–Trinajstić information content (AvgIpc) is 3.12. The summed E-state index contributed by atoms with van der Waals surface area (Å²) in [5.74, 6) is 0.768. The molecule has 0 saturated heterocycles. The van der Waals surface area contributed by atoms with E-state index in [1.807, 2.05) is 61.1 Å². The lowest BCUT2D eigenvalue weighted by Crippen LogP contribution is -2.36. The molecule has 31 heavy (non-hydrogen) atoms. The van der Waals surface area contributed by atoms with Gasteiger partial charge in [-0.3, -0.25) is 14.8 Å². The Balaban J connectivity index is 1.85. The fraction of sp³-hybridized carbons (Fsp3) is 0.292. The zero-order valence-corrected chi connectivity index (χ0v) is 18.5. The van der Waals surface area contributed by atoms with Crippen LogP contribution in [-0.4, -0.2) is 28.8 Å². The molecule has 0 bridgehead atoms. The molecule has 0 saturated carbocycles.